The maximum absolute atomic E-state index is 9.60. The highest BCUT2D eigenvalue weighted by molar-refractivity contribution is 5.83. The molecule has 0 atom stereocenters. The SMILES string of the molecule is CC(C)(C)OC=O.Oc1ccc2ccccc2c1. The van der Waals surface area contributed by atoms with Gasteiger partial charge in [0.05, 0.1) is 0 Å². The first-order chi connectivity index (χ1) is 8.42. The fourth-order valence-electron chi connectivity index (χ4n) is 1.32. The van der Waals surface area contributed by atoms with E-state index in [2.05, 4.69) is 4.74 Å². The minimum Gasteiger partial charge on any atom is -0.508 e. The summed E-state index contributed by atoms with van der Waals surface area (Å²) >= 11 is 0. The summed E-state index contributed by atoms with van der Waals surface area (Å²) in [7, 11) is 0. The van der Waals surface area contributed by atoms with Gasteiger partial charge in [-0.3, -0.25) is 4.79 Å². The second-order valence-electron chi connectivity index (χ2n) is 4.86. The molecule has 0 aliphatic rings. The zero-order valence-electron chi connectivity index (χ0n) is 10.9. The highest BCUT2D eigenvalue weighted by Gasteiger charge is 2.07. The first-order valence-corrected chi connectivity index (χ1v) is 5.71. The van der Waals surface area contributed by atoms with Crippen molar-refractivity contribution in [1.82, 2.24) is 0 Å². The van der Waals surface area contributed by atoms with Crippen LogP contribution in [0.4, 0.5) is 0 Å². The van der Waals surface area contributed by atoms with Crippen LogP contribution in [0.5, 0.6) is 5.75 Å². The van der Waals surface area contributed by atoms with Crippen molar-refractivity contribution in [3.05, 3.63) is 42.5 Å². The third-order valence-electron chi connectivity index (χ3n) is 2.13. The summed E-state index contributed by atoms with van der Waals surface area (Å²) in [5.41, 5.74) is -0.318. The smallest absolute Gasteiger partial charge is 0.293 e. The summed E-state index contributed by atoms with van der Waals surface area (Å²) in [6, 6.07) is 13.3. The lowest BCUT2D eigenvalue weighted by Crippen LogP contribution is -2.17. The third-order valence-corrected chi connectivity index (χ3v) is 2.13. The summed E-state index contributed by atoms with van der Waals surface area (Å²) in [6.07, 6.45) is 0. The van der Waals surface area contributed by atoms with Gasteiger partial charge in [-0.1, -0.05) is 30.3 Å². The number of ether oxygens (including phenoxy) is 1. The van der Waals surface area contributed by atoms with Gasteiger partial charge in [-0.05, 0) is 43.7 Å². The maximum Gasteiger partial charge on any atom is 0.293 e. The molecule has 0 aromatic heterocycles. The van der Waals surface area contributed by atoms with E-state index in [9.17, 15) is 4.79 Å². The molecule has 0 saturated carbocycles. The number of carbonyl (C=O) groups excluding carboxylic acids is 1. The molecule has 3 nitrogen and oxygen atoms in total. The minimum atomic E-state index is -0.318. The normalized spacial score (nSPS) is 10.4. The Bertz CT molecular complexity index is 512. The number of aromatic hydroxyl groups is 1. The molecule has 0 heterocycles. The molecule has 3 heteroatoms. The zero-order valence-corrected chi connectivity index (χ0v) is 10.9. The van der Waals surface area contributed by atoms with E-state index in [4.69, 9.17) is 5.11 Å². The Morgan fingerprint density at radius 3 is 2.17 bits per heavy atom. The highest BCUT2D eigenvalue weighted by atomic mass is 16.5. The van der Waals surface area contributed by atoms with E-state index in [1.165, 1.54) is 0 Å². The van der Waals surface area contributed by atoms with Gasteiger partial charge < -0.3 is 9.84 Å². The number of benzene rings is 2. The molecular formula is C15H18O3. The molecule has 0 saturated heterocycles. The van der Waals surface area contributed by atoms with Crippen LogP contribution < -0.4 is 0 Å². The molecule has 0 radical (unpaired) electrons. The van der Waals surface area contributed by atoms with Crippen molar-refractivity contribution >= 4 is 17.2 Å². The molecule has 0 spiro atoms. The Morgan fingerprint density at radius 2 is 1.67 bits per heavy atom. The Labute approximate surface area is 107 Å². The number of rotatable bonds is 1. The Morgan fingerprint density at radius 1 is 1.06 bits per heavy atom. The number of hydrogen-bond donors (Lipinski definition) is 1. The summed E-state index contributed by atoms with van der Waals surface area (Å²) in [5, 5.41) is 11.4. The lowest BCUT2D eigenvalue weighted by Gasteiger charge is -2.14. The first kappa shape index (κ1) is 14.0. The lowest BCUT2D eigenvalue weighted by atomic mass is 10.1. The lowest BCUT2D eigenvalue weighted by molar-refractivity contribution is -0.138. The Kier molecular flexibility index (Phi) is 4.72. The van der Waals surface area contributed by atoms with Gasteiger partial charge in [0.15, 0.2) is 0 Å². The number of phenolic OH excluding ortho intramolecular Hbond substituents is 1. The van der Waals surface area contributed by atoms with Crippen LogP contribution in [-0.4, -0.2) is 17.2 Å². The second kappa shape index (κ2) is 6.05. The van der Waals surface area contributed by atoms with Crippen LogP contribution >= 0.6 is 0 Å². The van der Waals surface area contributed by atoms with Crippen molar-refractivity contribution in [2.24, 2.45) is 0 Å². The van der Waals surface area contributed by atoms with Crippen LogP contribution in [0.1, 0.15) is 20.8 Å². The first-order valence-electron chi connectivity index (χ1n) is 5.71. The maximum atomic E-state index is 9.60. The van der Waals surface area contributed by atoms with Crippen molar-refractivity contribution in [2.75, 3.05) is 0 Å². The molecule has 0 unspecified atom stereocenters. The van der Waals surface area contributed by atoms with E-state index in [1.807, 2.05) is 51.1 Å². The number of hydrogen-bond acceptors (Lipinski definition) is 3. The van der Waals surface area contributed by atoms with Gasteiger partial charge in [0.1, 0.15) is 11.4 Å². The molecule has 0 amide bonds. The number of carbonyl (C=O) groups is 1. The quantitative estimate of drug-likeness (QED) is 0.783. The van der Waals surface area contributed by atoms with Crippen LogP contribution in [0, 0.1) is 0 Å². The molecule has 0 fully saturated rings. The molecule has 0 aliphatic carbocycles. The zero-order chi connectivity index (χ0) is 13.6. The topological polar surface area (TPSA) is 46.5 Å². The van der Waals surface area contributed by atoms with Gasteiger partial charge in [-0.2, -0.15) is 0 Å². The summed E-state index contributed by atoms with van der Waals surface area (Å²) in [6.45, 7) is 5.92. The molecule has 1 N–H and O–H groups in total. The van der Waals surface area contributed by atoms with Crippen molar-refractivity contribution in [3.63, 3.8) is 0 Å². The van der Waals surface area contributed by atoms with E-state index in [1.54, 1.807) is 12.1 Å². The number of fused-ring (bicyclic) bond motifs is 1. The van der Waals surface area contributed by atoms with Gasteiger partial charge in [-0.15, -0.1) is 0 Å². The molecule has 18 heavy (non-hydrogen) atoms. The molecule has 0 bridgehead atoms. The summed E-state index contributed by atoms with van der Waals surface area (Å²) < 4.78 is 4.55. The van der Waals surface area contributed by atoms with Crippen molar-refractivity contribution < 1.29 is 14.6 Å². The van der Waals surface area contributed by atoms with Crippen molar-refractivity contribution in [1.29, 1.82) is 0 Å². The molecule has 96 valence electrons. The third kappa shape index (κ3) is 4.87. The van der Waals surface area contributed by atoms with Gasteiger partial charge in [-0.25, -0.2) is 0 Å². The minimum absolute atomic E-state index is 0.318. The van der Waals surface area contributed by atoms with Gasteiger partial charge in [0.25, 0.3) is 6.47 Å². The molecule has 2 rings (SSSR count). The predicted octanol–water partition coefficient (Wildman–Crippen LogP) is 3.50. The Hall–Kier alpha value is -2.03. The molecule has 2 aromatic carbocycles. The van der Waals surface area contributed by atoms with E-state index < -0.39 is 0 Å². The van der Waals surface area contributed by atoms with E-state index in [-0.39, 0.29) is 5.60 Å². The summed E-state index contributed by atoms with van der Waals surface area (Å²) in [5.74, 6) is 0.323. The number of phenols is 1. The molecule has 2 aromatic rings. The standard InChI is InChI=1S/C10H8O.C5H10O2/c11-10-6-5-8-3-1-2-4-9(8)7-10;1-5(2,3)7-4-6/h1-7,11H;4H,1-3H3. The van der Waals surface area contributed by atoms with Crippen LogP contribution in [-0.2, 0) is 9.53 Å². The van der Waals surface area contributed by atoms with E-state index >= 15 is 0 Å². The van der Waals surface area contributed by atoms with Gasteiger partial charge >= 0.3 is 0 Å². The average molecular weight is 246 g/mol. The van der Waals surface area contributed by atoms with E-state index in [0.29, 0.717) is 12.2 Å². The molecular weight excluding hydrogens is 228 g/mol. The predicted molar refractivity (Wildman–Crippen MR) is 72.5 cm³/mol. The largest absolute Gasteiger partial charge is 0.508 e. The molecule has 0 aliphatic heterocycles. The fourth-order valence-corrected chi connectivity index (χ4v) is 1.32. The Balaban J connectivity index is 0.000000203. The van der Waals surface area contributed by atoms with Crippen LogP contribution in [0.3, 0.4) is 0 Å². The second-order valence-corrected chi connectivity index (χ2v) is 4.86. The summed E-state index contributed by atoms with van der Waals surface area (Å²) in [4.78, 5) is 9.60. The van der Waals surface area contributed by atoms with E-state index in [0.717, 1.165) is 10.8 Å². The van der Waals surface area contributed by atoms with Gasteiger partial charge in [0, 0.05) is 0 Å². The average Bonchev–Trinajstić information content (AvgIpc) is 2.28. The van der Waals surface area contributed by atoms with Crippen LogP contribution in [0.25, 0.3) is 10.8 Å². The van der Waals surface area contributed by atoms with Gasteiger partial charge in [0.2, 0.25) is 0 Å². The highest BCUT2D eigenvalue weighted by Crippen LogP contribution is 2.18. The van der Waals surface area contributed by atoms with Crippen LogP contribution in [0.2, 0.25) is 0 Å². The van der Waals surface area contributed by atoms with Crippen LogP contribution in [0.15, 0.2) is 42.5 Å². The van der Waals surface area contributed by atoms with Crippen molar-refractivity contribution in [2.45, 2.75) is 26.4 Å². The van der Waals surface area contributed by atoms with Crippen molar-refractivity contribution in [3.8, 4) is 5.75 Å². The fraction of sp³-hybridized carbons (Fsp3) is 0.267. The monoisotopic (exact) mass is 246 g/mol.